The predicted octanol–water partition coefficient (Wildman–Crippen LogP) is 4.63. The SMILES string of the molecule is Cc1onc(-c2c(F)cccc2Cl)c1C(=O)OCCCc1cccnc1. The number of pyridine rings is 1. The van der Waals surface area contributed by atoms with E-state index in [4.69, 9.17) is 20.9 Å². The third kappa shape index (κ3) is 3.91. The van der Waals surface area contributed by atoms with Gasteiger partial charge in [-0.05, 0) is 43.5 Å². The number of benzene rings is 1. The van der Waals surface area contributed by atoms with Crippen LogP contribution in [-0.2, 0) is 11.2 Å². The molecule has 0 spiro atoms. The molecule has 0 aliphatic rings. The molecule has 0 saturated carbocycles. The van der Waals surface area contributed by atoms with Crippen molar-refractivity contribution < 1.29 is 18.4 Å². The molecule has 0 saturated heterocycles. The molecule has 2 aromatic heterocycles. The first-order valence-corrected chi connectivity index (χ1v) is 8.42. The highest BCUT2D eigenvalue weighted by Gasteiger charge is 2.26. The lowest BCUT2D eigenvalue weighted by Gasteiger charge is -2.07. The highest BCUT2D eigenvalue weighted by atomic mass is 35.5. The zero-order chi connectivity index (χ0) is 18.5. The van der Waals surface area contributed by atoms with E-state index in [0.717, 1.165) is 12.0 Å². The monoisotopic (exact) mass is 374 g/mol. The Kier molecular flexibility index (Phi) is 5.63. The van der Waals surface area contributed by atoms with Crippen molar-refractivity contribution in [3.05, 3.63) is 70.5 Å². The van der Waals surface area contributed by atoms with Crippen LogP contribution >= 0.6 is 11.6 Å². The minimum atomic E-state index is -0.621. The Morgan fingerprint density at radius 2 is 2.15 bits per heavy atom. The zero-order valence-electron chi connectivity index (χ0n) is 14.0. The summed E-state index contributed by atoms with van der Waals surface area (Å²) in [4.78, 5) is 16.5. The van der Waals surface area contributed by atoms with Gasteiger partial charge in [0.2, 0.25) is 0 Å². The van der Waals surface area contributed by atoms with E-state index in [1.165, 1.54) is 18.2 Å². The van der Waals surface area contributed by atoms with E-state index in [0.29, 0.717) is 6.42 Å². The molecule has 7 heteroatoms. The molecule has 0 bridgehead atoms. The number of carbonyl (C=O) groups excluding carboxylic acids is 1. The average molecular weight is 375 g/mol. The first-order valence-electron chi connectivity index (χ1n) is 8.04. The minimum absolute atomic E-state index is 0.0216. The van der Waals surface area contributed by atoms with Gasteiger partial charge in [0.1, 0.15) is 22.8 Å². The summed E-state index contributed by atoms with van der Waals surface area (Å²) in [5.74, 6) is -0.961. The summed E-state index contributed by atoms with van der Waals surface area (Å²) in [5, 5.41) is 3.94. The summed E-state index contributed by atoms with van der Waals surface area (Å²) < 4.78 is 24.5. The summed E-state index contributed by atoms with van der Waals surface area (Å²) in [5.41, 5.74) is 1.21. The quantitative estimate of drug-likeness (QED) is 0.465. The van der Waals surface area contributed by atoms with Crippen LogP contribution in [0.4, 0.5) is 4.39 Å². The molecule has 1 aromatic carbocycles. The van der Waals surface area contributed by atoms with Crippen molar-refractivity contribution in [2.75, 3.05) is 6.61 Å². The number of aryl methyl sites for hydroxylation is 2. The number of aromatic nitrogens is 2. The molecule has 0 unspecified atom stereocenters. The van der Waals surface area contributed by atoms with Crippen molar-refractivity contribution in [1.82, 2.24) is 10.1 Å². The molecule has 0 aliphatic carbocycles. The number of esters is 1. The summed E-state index contributed by atoms with van der Waals surface area (Å²) in [7, 11) is 0. The number of hydrogen-bond acceptors (Lipinski definition) is 5. The highest BCUT2D eigenvalue weighted by molar-refractivity contribution is 6.33. The van der Waals surface area contributed by atoms with Crippen molar-refractivity contribution >= 4 is 17.6 Å². The zero-order valence-corrected chi connectivity index (χ0v) is 14.8. The van der Waals surface area contributed by atoms with Crippen LogP contribution in [0, 0.1) is 12.7 Å². The third-order valence-electron chi connectivity index (χ3n) is 3.83. The molecule has 0 N–H and O–H groups in total. The van der Waals surface area contributed by atoms with Gasteiger partial charge in [0.05, 0.1) is 17.2 Å². The van der Waals surface area contributed by atoms with Crippen LogP contribution in [0.5, 0.6) is 0 Å². The van der Waals surface area contributed by atoms with Gasteiger partial charge in [0.15, 0.2) is 0 Å². The fourth-order valence-corrected chi connectivity index (χ4v) is 2.82. The lowest BCUT2D eigenvalue weighted by molar-refractivity contribution is 0.0499. The van der Waals surface area contributed by atoms with Crippen LogP contribution in [0.3, 0.4) is 0 Å². The van der Waals surface area contributed by atoms with E-state index in [-0.39, 0.29) is 34.2 Å². The summed E-state index contributed by atoms with van der Waals surface area (Å²) in [6, 6.07) is 8.05. The fourth-order valence-electron chi connectivity index (χ4n) is 2.57. The summed E-state index contributed by atoms with van der Waals surface area (Å²) in [6.45, 7) is 1.78. The number of halogens is 2. The lowest BCUT2D eigenvalue weighted by atomic mass is 10.1. The van der Waals surface area contributed by atoms with Crippen molar-refractivity contribution in [1.29, 1.82) is 0 Å². The molecule has 0 fully saturated rings. The standard InChI is InChI=1S/C19H16ClFN2O3/c1-12-16(18(23-26-12)17-14(20)7-2-8-15(17)21)19(24)25-10-4-6-13-5-3-9-22-11-13/h2-3,5,7-9,11H,4,6,10H2,1H3. The van der Waals surface area contributed by atoms with Crippen molar-refractivity contribution in [2.24, 2.45) is 0 Å². The van der Waals surface area contributed by atoms with Gasteiger partial charge in [0.25, 0.3) is 0 Å². The molecule has 5 nitrogen and oxygen atoms in total. The van der Waals surface area contributed by atoms with Gasteiger partial charge in [-0.3, -0.25) is 4.98 Å². The van der Waals surface area contributed by atoms with Crippen molar-refractivity contribution in [2.45, 2.75) is 19.8 Å². The van der Waals surface area contributed by atoms with Crippen LogP contribution < -0.4 is 0 Å². The fraction of sp³-hybridized carbons (Fsp3) is 0.211. The Hall–Kier alpha value is -2.73. The van der Waals surface area contributed by atoms with E-state index in [2.05, 4.69) is 10.1 Å². The van der Waals surface area contributed by atoms with Gasteiger partial charge in [-0.15, -0.1) is 0 Å². The largest absolute Gasteiger partial charge is 0.462 e. The van der Waals surface area contributed by atoms with Crippen LogP contribution in [0.25, 0.3) is 11.3 Å². The van der Waals surface area contributed by atoms with E-state index < -0.39 is 11.8 Å². The first-order chi connectivity index (χ1) is 12.6. The number of rotatable bonds is 6. The molecule has 0 amide bonds. The Bertz CT molecular complexity index is 892. The summed E-state index contributed by atoms with van der Waals surface area (Å²) >= 11 is 6.06. The van der Waals surface area contributed by atoms with Crippen LogP contribution in [0.1, 0.15) is 28.1 Å². The van der Waals surface area contributed by atoms with Gasteiger partial charge in [0, 0.05) is 12.4 Å². The third-order valence-corrected chi connectivity index (χ3v) is 4.15. The molecule has 3 aromatic rings. The lowest BCUT2D eigenvalue weighted by Crippen LogP contribution is -2.09. The van der Waals surface area contributed by atoms with Crippen molar-refractivity contribution in [3.63, 3.8) is 0 Å². The molecule has 26 heavy (non-hydrogen) atoms. The Balaban J connectivity index is 1.71. The first kappa shape index (κ1) is 18.1. The molecule has 3 rings (SSSR count). The Morgan fingerprint density at radius 1 is 1.31 bits per heavy atom. The van der Waals surface area contributed by atoms with Crippen LogP contribution in [-0.4, -0.2) is 22.7 Å². The average Bonchev–Trinajstić information content (AvgIpc) is 3.01. The van der Waals surface area contributed by atoms with Crippen LogP contribution in [0.2, 0.25) is 5.02 Å². The number of ether oxygens (including phenoxy) is 1. The minimum Gasteiger partial charge on any atom is -0.462 e. The normalized spacial score (nSPS) is 10.7. The molecule has 134 valence electrons. The Labute approximate surface area is 154 Å². The van der Waals surface area contributed by atoms with E-state index in [1.807, 2.05) is 12.1 Å². The topological polar surface area (TPSA) is 65.2 Å². The molecular weight excluding hydrogens is 359 g/mol. The predicted molar refractivity (Wildman–Crippen MR) is 94.5 cm³/mol. The van der Waals surface area contributed by atoms with Gasteiger partial charge in [-0.1, -0.05) is 28.9 Å². The summed E-state index contributed by atoms with van der Waals surface area (Å²) in [6.07, 6.45) is 4.84. The van der Waals surface area contributed by atoms with Crippen LogP contribution in [0.15, 0.2) is 47.2 Å². The van der Waals surface area contributed by atoms with Gasteiger partial charge < -0.3 is 9.26 Å². The van der Waals surface area contributed by atoms with Gasteiger partial charge in [-0.25, -0.2) is 9.18 Å². The maximum atomic E-state index is 14.2. The highest BCUT2D eigenvalue weighted by Crippen LogP contribution is 2.33. The number of carbonyl (C=O) groups is 1. The Morgan fingerprint density at radius 3 is 2.88 bits per heavy atom. The maximum absolute atomic E-state index is 14.2. The number of hydrogen-bond donors (Lipinski definition) is 0. The maximum Gasteiger partial charge on any atom is 0.344 e. The second kappa shape index (κ2) is 8.10. The molecule has 2 heterocycles. The molecule has 0 atom stereocenters. The van der Waals surface area contributed by atoms with Gasteiger partial charge >= 0.3 is 5.97 Å². The smallest absolute Gasteiger partial charge is 0.344 e. The van der Waals surface area contributed by atoms with Crippen molar-refractivity contribution in [3.8, 4) is 11.3 Å². The molecule has 0 aliphatic heterocycles. The van der Waals surface area contributed by atoms with E-state index >= 15 is 0 Å². The number of nitrogens with zero attached hydrogens (tertiary/aromatic N) is 2. The molecule has 0 radical (unpaired) electrons. The molecular formula is C19H16ClFN2O3. The second-order valence-electron chi connectivity index (χ2n) is 5.66. The second-order valence-corrected chi connectivity index (χ2v) is 6.07. The van der Waals surface area contributed by atoms with Gasteiger partial charge in [-0.2, -0.15) is 0 Å². The van der Waals surface area contributed by atoms with E-state index in [9.17, 15) is 9.18 Å². The van der Waals surface area contributed by atoms with E-state index in [1.54, 1.807) is 19.3 Å².